The predicted molar refractivity (Wildman–Crippen MR) is 76.9 cm³/mol. The van der Waals surface area contributed by atoms with Crippen LogP contribution in [0.4, 0.5) is 0 Å². The van der Waals surface area contributed by atoms with Gasteiger partial charge in [0.15, 0.2) is 0 Å². The molecule has 0 amide bonds. The zero-order valence-electron chi connectivity index (χ0n) is 11.6. The molecule has 1 aromatic heterocycles. The lowest BCUT2D eigenvalue weighted by atomic mass is 10.0. The molecular formula is C16H18O3. The quantitative estimate of drug-likeness (QED) is 0.621. The second-order valence-corrected chi connectivity index (χ2v) is 4.75. The Morgan fingerprint density at radius 1 is 1.42 bits per heavy atom. The predicted octanol–water partition coefficient (Wildman–Crippen LogP) is 3.62. The maximum Gasteiger partial charge on any atom is 0.339 e. The van der Waals surface area contributed by atoms with E-state index in [-0.39, 0.29) is 5.63 Å². The number of hydrogen-bond donors (Lipinski definition) is 0. The van der Waals surface area contributed by atoms with E-state index in [1.165, 1.54) is 0 Å². The standard InChI is InChI=1S/C16H18O3/c1-5-13-11(4)14-7-6-12(18-9-10(2)3)8-15(14)19-16(13)17/h6-8H,2,5,9H2,1,3-4H3. The fourth-order valence-electron chi connectivity index (χ4n) is 2.08. The minimum atomic E-state index is -0.260. The van der Waals surface area contributed by atoms with Gasteiger partial charge in [-0.1, -0.05) is 13.5 Å². The highest BCUT2D eigenvalue weighted by Gasteiger charge is 2.10. The molecule has 0 aliphatic rings. The third-order valence-corrected chi connectivity index (χ3v) is 3.10. The van der Waals surface area contributed by atoms with Crippen LogP contribution in [-0.4, -0.2) is 6.61 Å². The van der Waals surface area contributed by atoms with Gasteiger partial charge in [0.05, 0.1) is 0 Å². The van der Waals surface area contributed by atoms with Crippen LogP contribution in [0.3, 0.4) is 0 Å². The first-order chi connectivity index (χ1) is 9.02. The summed E-state index contributed by atoms with van der Waals surface area (Å²) in [6.45, 7) is 10.1. The van der Waals surface area contributed by atoms with Crippen molar-refractivity contribution in [3.05, 3.63) is 51.9 Å². The first-order valence-electron chi connectivity index (χ1n) is 6.36. The maximum atomic E-state index is 11.8. The third-order valence-electron chi connectivity index (χ3n) is 3.10. The molecule has 0 bridgehead atoms. The Morgan fingerprint density at radius 2 is 2.16 bits per heavy atom. The maximum absolute atomic E-state index is 11.8. The van der Waals surface area contributed by atoms with Crippen LogP contribution in [0, 0.1) is 6.92 Å². The molecule has 0 saturated heterocycles. The van der Waals surface area contributed by atoms with Gasteiger partial charge in [0.25, 0.3) is 0 Å². The lowest BCUT2D eigenvalue weighted by Gasteiger charge is -2.09. The molecule has 2 rings (SSSR count). The van der Waals surface area contributed by atoms with Crippen LogP contribution in [0.1, 0.15) is 25.0 Å². The first kappa shape index (κ1) is 13.4. The molecule has 0 unspecified atom stereocenters. The lowest BCUT2D eigenvalue weighted by Crippen LogP contribution is -2.09. The molecule has 100 valence electrons. The summed E-state index contributed by atoms with van der Waals surface area (Å²) in [5.41, 5.74) is 2.98. The van der Waals surface area contributed by atoms with Gasteiger partial charge in [-0.05, 0) is 43.5 Å². The fourth-order valence-corrected chi connectivity index (χ4v) is 2.08. The van der Waals surface area contributed by atoms with E-state index in [9.17, 15) is 4.79 Å². The van der Waals surface area contributed by atoms with Gasteiger partial charge in [0.1, 0.15) is 17.9 Å². The summed E-state index contributed by atoms with van der Waals surface area (Å²) < 4.78 is 10.9. The summed E-state index contributed by atoms with van der Waals surface area (Å²) in [5, 5.41) is 0.958. The Hall–Kier alpha value is -2.03. The average Bonchev–Trinajstić information content (AvgIpc) is 2.36. The minimum absolute atomic E-state index is 0.260. The first-order valence-corrected chi connectivity index (χ1v) is 6.36. The van der Waals surface area contributed by atoms with Crippen LogP contribution in [-0.2, 0) is 6.42 Å². The monoisotopic (exact) mass is 258 g/mol. The molecule has 1 heterocycles. The van der Waals surface area contributed by atoms with Gasteiger partial charge in [0, 0.05) is 17.0 Å². The van der Waals surface area contributed by atoms with Gasteiger partial charge < -0.3 is 9.15 Å². The second-order valence-electron chi connectivity index (χ2n) is 4.75. The summed E-state index contributed by atoms with van der Waals surface area (Å²) >= 11 is 0. The fraction of sp³-hybridized carbons (Fsp3) is 0.312. The SMILES string of the molecule is C=C(C)COc1ccc2c(C)c(CC)c(=O)oc2c1. The number of fused-ring (bicyclic) bond motifs is 1. The number of ether oxygens (including phenoxy) is 1. The van der Waals surface area contributed by atoms with Crippen molar-refractivity contribution in [1.82, 2.24) is 0 Å². The van der Waals surface area contributed by atoms with Crippen LogP contribution in [0.5, 0.6) is 5.75 Å². The number of hydrogen-bond acceptors (Lipinski definition) is 3. The van der Waals surface area contributed by atoms with Crippen molar-refractivity contribution in [3.63, 3.8) is 0 Å². The number of benzene rings is 1. The molecule has 0 aliphatic carbocycles. The van der Waals surface area contributed by atoms with E-state index >= 15 is 0 Å². The highest BCUT2D eigenvalue weighted by atomic mass is 16.5. The zero-order valence-corrected chi connectivity index (χ0v) is 11.6. The molecule has 0 atom stereocenters. The molecule has 19 heavy (non-hydrogen) atoms. The number of rotatable bonds is 4. The van der Waals surface area contributed by atoms with Crippen LogP contribution >= 0.6 is 0 Å². The van der Waals surface area contributed by atoms with Crippen molar-refractivity contribution in [2.24, 2.45) is 0 Å². The molecule has 1 aromatic carbocycles. The molecule has 0 radical (unpaired) electrons. The van der Waals surface area contributed by atoms with Gasteiger partial charge in [-0.15, -0.1) is 0 Å². The smallest absolute Gasteiger partial charge is 0.339 e. The minimum Gasteiger partial charge on any atom is -0.489 e. The average molecular weight is 258 g/mol. The van der Waals surface area contributed by atoms with Gasteiger partial charge in [-0.2, -0.15) is 0 Å². The molecule has 2 aromatic rings. The molecule has 0 fully saturated rings. The topological polar surface area (TPSA) is 39.4 Å². The van der Waals surface area contributed by atoms with Crippen LogP contribution in [0.2, 0.25) is 0 Å². The van der Waals surface area contributed by atoms with Gasteiger partial charge >= 0.3 is 5.63 Å². The number of aryl methyl sites for hydroxylation is 1. The normalized spacial score (nSPS) is 10.7. The van der Waals surface area contributed by atoms with E-state index in [0.29, 0.717) is 24.4 Å². The van der Waals surface area contributed by atoms with E-state index < -0.39 is 0 Å². The highest BCUT2D eigenvalue weighted by molar-refractivity contribution is 5.82. The second kappa shape index (κ2) is 5.31. The van der Waals surface area contributed by atoms with Gasteiger partial charge in [-0.25, -0.2) is 4.79 Å². The van der Waals surface area contributed by atoms with Gasteiger partial charge in [0.2, 0.25) is 0 Å². The van der Waals surface area contributed by atoms with Crippen molar-refractivity contribution in [2.75, 3.05) is 6.61 Å². The Kier molecular flexibility index (Phi) is 3.74. The Labute approximate surface area is 112 Å². The van der Waals surface area contributed by atoms with E-state index in [1.807, 2.05) is 32.9 Å². The summed E-state index contributed by atoms with van der Waals surface area (Å²) in [6, 6.07) is 5.57. The summed E-state index contributed by atoms with van der Waals surface area (Å²) in [4.78, 5) is 11.8. The molecule has 0 N–H and O–H groups in total. The van der Waals surface area contributed by atoms with E-state index in [2.05, 4.69) is 6.58 Å². The van der Waals surface area contributed by atoms with E-state index in [4.69, 9.17) is 9.15 Å². The molecule has 0 saturated carbocycles. The Balaban J connectivity index is 2.50. The van der Waals surface area contributed by atoms with E-state index in [0.717, 1.165) is 22.1 Å². The van der Waals surface area contributed by atoms with Crippen molar-refractivity contribution in [1.29, 1.82) is 0 Å². The Morgan fingerprint density at radius 3 is 2.79 bits per heavy atom. The highest BCUT2D eigenvalue weighted by Crippen LogP contribution is 2.24. The lowest BCUT2D eigenvalue weighted by molar-refractivity contribution is 0.352. The molecular weight excluding hydrogens is 240 g/mol. The van der Waals surface area contributed by atoms with Gasteiger partial charge in [-0.3, -0.25) is 0 Å². The summed E-state index contributed by atoms with van der Waals surface area (Å²) in [6.07, 6.45) is 0.679. The van der Waals surface area contributed by atoms with E-state index in [1.54, 1.807) is 6.07 Å². The van der Waals surface area contributed by atoms with Crippen LogP contribution in [0.25, 0.3) is 11.0 Å². The third kappa shape index (κ3) is 2.70. The van der Waals surface area contributed by atoms with Crippen molar-refractivity contribution in [3.8, 4) is 5.75 Å². The summed E-state index contributed by atoms with van der Waals surface area (Å²) in [5.74, 6) is 0.683. The van der Waals surface area contributed by atoms with Crippen molar-refractivity contribution in [2.45, 2.75) is 27.2 Å². The van der Waals surface area contributed by atoms with Crippen LogP contribution in [0.15, 0.2) is 39.6 Å². The van der Waals surface area contributed by atoms with Crippen LogP contribution < -0.4 is 10.4 Å². The molecule has 0 aliphatic heterocycles. The molecule has 3 heteroatoms. The van der Waals surface area contributed by atoms with Crippen molar-refractivity contribution < 1.29 is 9.15 Å². The van der Waals surface area contributed by atoms with Crippen molar-refractivity contribution >= 4 is 11.0 Å². The zero-order chi connectivity index (χ0) is 14.0. The molecule has 3 nitrogen and oxygen atoms in total. The molecule has 0 spiro atoms. The largest absolute Gasteiger partial charge is 0.489 e. The summed E-state index contributed by atoms with van der Waals surface area (Å²) in [7, 11) is 0. The Bertz CT molecular complexity index is 680.